The maximum atomic E-state index is 8.63. The molecule has 0 spiro atoms. The second-order valence-electron chi connectivity index (χ2n) is 3.27. The van der Waals surface area contributed by atoms with Crippen molar-refractivity contribution in [2.24, 2.45) is 0 Å². The van der Waals surface area contributed by atoms with Crippen molar-refractivity contribution in [3.8, 4) is 0 Å². The topological polar surface area (TPSA) is 71.5 Å². The summed E-state index contributed by atoms with van der Waals surface area (Å²) in [4.78, 5) is 10.5. The number of hydrogen-bond acceptors (Lipinski definition) is 5. The molecule has 14 heavy (non-hydrogen) atoms. The molecule has 0 aromatic carbocycles. The average molecular weight is 208 g/mol. The molecule has 1 rings (SSSR count). The summed E-state index contributed by atoms with van der Waals surface area (Å²) in [6, 6.07) is 0. The molecule has 1 heterocycles. The molecule has 0 aromatic heterocycles. The number of epoxide rings is 1. The molecule has 1 saturated heterocycles. The van der Waals surface area contributed by atoms with Gasteiger partial charge in [0.25, 0.3) is 0 Å². The smallest absolute Gasteiger partial charge is 0.170 e. The zero-order valence-electron chi connectivity index (χ0n) is 8.39. The number of hydrogen-bond donors (Lipinski definition) is 2. The van der Waals surface area contributed by atoms with E-state index < -0.39 is 0 Å². The van der Waals surface area contributed by atoms with E-state index in [0.717, 1.165) is 6.61 Å². The summed E-state index contributed by atoms with van der Waals surface area (Å²) in [5.74, 6) is 0. The van der Waals surface area contributed by atoms with E-state index in [1.165, 1.54) is 0 Å². The lowest BCUT2D eigenvalue weighted by atomic mass is 10.5. The molecule has 0 aromatic rings. The number of hydroxylamine groups is 4. The second-order valence-corrected chi connectivity index (χ2v) is 3.27. The van der Waals surface area contributed by atoms with Gasteiger partial charge in [-0.25, -0.2) is 0 Å². The van der Waals surface area contributed by atoms with Crippen LogP contribution < -0.4 is 0 Å². The monoisotopic (exact) mass is 208 g/mol. The maximum Gasteiger partial charge on any atom is 0.170 e. The molecule has 6 heteroatoms. The number of ether oxygens (including phenoxy) is 1. The third-order valence-corrected chi connectivity index (χ3v) is 1.85. The lowest BCUT2D eigenvalue weighted by Crippen LogP contribution is -2.47. The van der Waals surface area contributed by atoms with E-state index in [4.69, 9.17) is 24.6 Å². The number of nitrogens with zero attached hydrogens (tertiary/aromatic N) is 1. The van der Waals surface area contributed by atoms with Crippen molar-refractivity contribution in [2.45, 2.75) is 6.10 Å². The van der Waals surface area contributed by atoms with Gasteiger partial charge in [-0.3, -0.25) is 0 Å². The van der Waals surface area contributed by atoms with E-state index in [0.29, 0.717) is 6.54 Å². The van der Waals surface area contributed by atoms with E-state index >= 15 is 0 Å². The Bertz CT molecular complexity index is 154. The van der Waals surface area contributed by atoms with E-state index in [9.17, 15) is 0 Å². The van der Waals surface area contributed by atoms with Crippen LogP contribution in [0.3, 0.4) is 0 Å². The highest BCUT2D eigenvalue weighted by Crippen LogP contribution is 2.16. The number of aliphatic hydroxyl groups excluding tert-OH is 2. The molecule has 1 atom stereocenters. The molecule has 0 aliphatic carbocycles. The first-order chi connectivity index (χ1) is 6.70. The summed E-state index contributed by atoms with van der Waals surface area (Å²) < 4.78 is 5.06. The van der Waals surface area contributed by atoms with E-state index in [2.05, 4.69) is 0 Å². The predicted molar refractivity (Wildman–Crippen MR) is 46.9 cm³/mol. The summed E-state index contributed by atoms with van der Waals surface area (Å²) in [7, 11) is 1.73. The van der Waals surface area contributed by atoms with Crippen LogP contribution in [0.1, 0.15) is 0 Å². The Labute approximate surface area is 83.1 Å². The van der Waals surface area contributed by atoms with Crippen LogP contribution >= 0.6 is 0 Å². The van der Waals surface area contributed by atoms with Crippen LogP contribution in [0.4, 0.5) is 0 Å². The standard InChI is InChI=1S/C8H18NO5/c1-9(13-4-2-10,14-5-3-11)6-8-7-12-8/h8,10-11H,2-7H2,1H3/q+1. The van der Waals surface area contributed by atoms with Gasteiger partial charge in [0, 0.05) is 0 Å². The van der Waals surface area contributed by atoms with Gasteiger partial charge in [0.1, 0.15) is 26.4 Å². The number of aliphatic hydroxyl groups is 2. The third kappa shape index (κ3) is 4.32. The van der Waals surface area contributed by atoms with E-state index in [1.54, 1.807) is 7.05 Å². The summed E-state index contributed by atoms with van der Waals surface area (Å²) in [5, 5.41) is 17.3. The Kier molecular flexibility index (Phi) is 4.73. The van der Waals surface area contributed by atoms with Crippen LogP contribution in [-0.2, 0) is 14.4 Å². The highest BCUT2D eigenvalue weighted by molar-refractivity contribution is 4.66. The van der Waals surface area contributed by atoms with Crippen LogP contribution in [0.5, 0.6) is 0 Å². The van der Waals surface area contributed by atoms with Crippen LogP contribution in [0.25, 0.3) is 0 Å². The number of rotatable bonds is 8. The molecule has 0 radical (unpaired) electrons. The van der Waals surface area contributed by atoms with Gasteiger partial charge in [0.15, 0.2) is 6.54 Å². The van der Waals surface area contributed by atoms with Crippen molar-refractivity contribution < 1.29 is 29.4 Å². The fourth-order valence-corrected chi connectivity index (χ4v) is 1.15. The molecule has 2 N–H and O–H groups in total. The number of quaternary nitrogens is 1. The van der Waals surface area contributed by atoms with Crippen molar-refractivity contribution in [2.75, 3.05) is 46.6 Å². The Balaban J connectivity index is 2.30. The first-order valence-electron chi connectivity index (χ1n) is 4.68. The minimum absolute atomic E-state index is 0.0537. The van der Waals surface area contributed by atoms with Gasteiger partial charge in [-0.1, -0.05) is 0 Å². The van der Waals surface area contributed by atoms with Gasteiger partial charge in [-0.15, -0.1) is 0 Å². The largest absolute Gasteiger partial charge is 0.394 e. The molecule has 1 aliphatic rings. The molecule has 0 saturated carbocycles. The van der Waals surface area contributed by atoms with Gasteiger partial charge >= 0.3 is 0 Å². The van der Waals surface area contributed by atoms with Crippen LogP contribution in [-0.4, -0.2) is 67.8 Å². The van der Waals surface area contributed by atoms with E-state index in [-0.39, 0.29) is 37.3 Å². The number of likely N-dealkylation sites (N-methyl/N-ethyl adjacent to an activating group) is 1. The first-order valence-corrected chi connectivity index (χ1v) is 4.68. The highest BCUT2D eigenvalue weighted by atomic mass is 17.0. The molecule has 6 nitrogen and oxygen atoms in total. The lowest BCUT2D eigenvalue weighted by molar-refractivity contribution is -1.23. The van der Waals surface area contributed by atoms with Crippen molar-refractivity contribution >= 4 is 0 Å². The Morgan fingerprint density at radius 2 is 1.79 bits per heavy atom. The summed E-state index contributed by atoms with van der Waals surface area (Å²) in [5.41, 5.74) is 0. The summed E-state index contributed by atoms with van der Waals surface area (Å²) >= 11 is 0. The Morgan fingerprint density at radius 1 is 1.29 bits per heavy atom. The van der Waals surface area contributed by atoms with Gasteiger partial charge < -0.3 is 14.9 Å². The van der Waals surface area contributed by atoms with Crippen LogP contribution in [0, 0.1) is 0 Å². The van der Waals surface area contributed by atoms with Gasteiger partial charge in [-0.05, 0) is 4.81 Å². The molecule has 84 valence electrons. The minimum atomic E-state index is -0.0915. The van der Waals surface area contributed by atoms with Gasteiger partial charge in [0.2, 0.25) is 0 Å². The van der Waals surface area contributed by atoms with Crippen molar-refractivity contribution in [1.29, 1.82) is 0 Å². The van der Waals surface area contributed by atoms with E-state index in [1.807, 2.05) is 0 Å². The van der Waals surface area contributed by atoms with Gasteiger partial charge in [-0.2, -0.15) is 9.68 Å². The zero-order chi connectivity index (χ0) is 10.4. The molecular formula is C8H18NO5+. The fraction of sp³-hybridized carbons (Fsp3) is 1.00. The quantitative estimate of drug-likeness (QED) is 0.294. The summed E-state index contributed by atoms with van der Waals surface area (Å²) in [6.07, 6.45) is 0.164. The third-order valence-electron chi connectivity index (χ3n) is 1.85. The van der Waals surface area contributed by atoms with Gasteiger partial charge in [0.05, 0.1) is 19.8 Å². The second kappa shape index (κ2) is 5.59. The first kappa shape index (κ1) is 11.8. The Hall–Kier alpha value is -0.240. The maximum absolute atomic E-state index is 8.63. The lowest BCUT2D eigenvalue weighted by Gasteiger charge is -2.27. The summed E-state index contributed by atoms with van der Waals surface area (Å²) in [6.45, 7) is 1.59. The van der Waals surface area contributed by atoms with Crippen LogP contribution in [0.2, 0.25) is 0 Å². The predicted octanol–water partition coefficient (Wildman–Crippen LogP) is -1.32. The van der Waals surface area contributed by atoms with Crippen molar-refractivity contribution in [3.63, 3.8) is 0 Å². The van der Waals surface area contributed by atoms with Crippen molar-refractivity contribution in [3.05, 3.63) is 0 Å². The van der Waals surface area contributed by atoms with Crippen LogP contribution in [0.15, 0.2) is 0 Å². The minimum Gasteiger partial charge on any atom is -0.394 e. The highest BCUT2D eigenvalue weighted by Gasteiger charge is 2.37. The SMILES string of the molecule is C[N+](CC1CO1)(OCCO)OCCO. The van der Waals surface area contributed by atoms with Crippen molar-refractivity contribution in [1.82, 2.24) is 0 Å². The molecule has 1 fully saturated rings. The normalized spacial score (nSPS) is 21.2. The molecule has 0 bridgehead atoms. The molecular weight excluding hydrogens is 190 g/mol. The molecule has 0 amide bonds. The Morgan fingerprint density at radius 3 is 2.14 bits per heavy atom. The zero-order valence-corrected chi connectivity index (χ0v) is 8.39. The molecule has 1 aliphatic heterocycles. The molecule has 1 unspecified atom stereocenters. The fourth-order valence-electron chi connectivity index (χ4n) is 1.15. The average Bonchev–Trinajstić information content (AvgIpc) is 2.96.